The van der Waals surface area contributed by atoms with Crippen LogP contribution < -0.4 is 15.8 Å². The van der Waals surface area contributed by atoms with Gasteiger partial charge in [0.15, 0.2) is 0 Å². The van der Waals surface area contributed by atoms with Gasteiger partial charge in [-0.3, -0.25) is 14.8 Å². The molecule has 1 saturated carbocycles. The predicted octanol–water partition coefficient (Wildman–Crippen LogP) is 2.43. The zero-order chi connectivity index (χ0) is 20.4. The summed E-state index contributed by atoms with van der Waals surface area (Å²) in [7, 11) is 0. The summed E-state index contributed by atoms with van der Waals surface area (Å²) >= 11 is 3.23. The van der Waals surface area contributed by atoms with Crippen molar-refractivity contribution < 1.29 is 9.18 Å². The Morgan fingerprint density at radius 3 is 2.90 bits per heavy atom. The van der Waals surface area contributed by atoms with Gasteiger partial charge in [-0.05, 0) is 31.4 Å². The van der Waals surface area contributed by atoms with Crippen LogP contribution in [0.2, 0.25) is 0 Å². The first-order chi connectivity index (χ1) is 14.0. The lowest BCUT2D eigenvalue weighted by atomic mass is 10.2. The van der Waals surface area contributed by atoms with Crippen LogP contribution in [0.3, 0.4) is 0 Å². The molecule has 2 aliphatic rings. The fourth-order valence-electron chi connectivity index (χ4n) is 3.41. The van der Waals surface area contributed by atoms with Crippen molar-refractivity contribution >= 4 is 27.9 Å². The number of nitrogens with one attached hydrogen (secondary N) is 2. The Kier molecular flexibility index (Phi) is 5.81. The normalized spacial score (nSPS) is 17.2. The van der Waals surface area contributed by atoms with Crippen molar-refractivity contribution in [1.29, 1.82) is 0 Å². The molecule has 4 rings (SSSR count). The Labute approximate surface area is 175 Å². The predicted molar refractivity (Wildman–Crippen MR) is 110 cm³/mol. The summed E-state index contributed by atoms with van der Waals surface area (Å²) in [6.45, 7) is 2.04. The largest absolute Gasteiger partial charge is 0.333 e. The van der Waals surface area contributed by atoms with Crippen molar-refractivity contribution in [2.24, 2.45) is 0 Å². The van der Waals surface area contributed by atoms with Gasteiger partial charge >= 0.3 is 6.03 Å². The highest BCUT2D eigenvalue weighted by Crippen LogP contribution is 2.30. The molecule has 0 bridgehead atoms. The molecule has 0 spiro atoms. The number of hydrazine groups is 1. The van der Waals surface area contributed by atoms with E-state index in [-0.39, 0.29) is 30.0 Å². The Hall–Kier alpha value is -2.46. The third-order valence-corrected chi connectivity index (χ3v) is 5.48. The third-order valence-electron chi connectivity index (χ3n) is 4.99. The number of anilines is 1. The van der Waals surface area contributed by atoms with Crippen LogP contribution in [0.1, 0.15) is 24.8 Å². The Bertz CT molecular complexity index is 950. The van der Waals surface area contributed by atoms with E-state index in [0.717, 1.165) is 32.4 Å². The van der Waals surface area contributed by atoms with Crippen LogP contribution in [0.15, 0.2) is 39.7 Å². The van der Waals surface area contributed by atoms with Crippen LogP contribution in [0.4, 0.5) is 15.1 Å². The van der Waals surface area contributed by atoms with E-state index in [2.05, 4.69) is 31.2 Å². The molecule has 1 aliphatic heterocycles. The van der Waals surface area contributed by atoms with E-state index in [1.54, 1.807) is 17.1 Å². The molecule has 0 radical (unpaired) electrons. The summed E-state index contributed by atoms with van der Waals surface area (Å²) in [5, 5.41) is 6.55. The molecule has 1 aromatic heterocycles. The number of rotatable bonds is 5. The molecule has 2 aromatic rings. The van der Waals surface area contributed by atoms with Gasteiger partial charge in [0, 0.05) is 41.9 Å². The lowest BCUT2D eigenvalue weighted by Crippen LogP contribution is -2.58. The second-order valence-corrected chi connectivity index (χ2v) is 8.13. The summed E-state index contributed by atoms with van der Waals surface area (Å²) in [6, 6.07) is 6.06. The molecule has 0 unspecified atom stereocenters. The van der Waals surface area contributed by atoms with Crippen LogP contribution in [-0.4, -0.2) is 51.8 Å². The number of aromatic amines is 1. The van der Waals surface area contributed by atoms with Crippen molar-refractivity contribution in [2.75, 3.05) is 24.7 Å². The standard InChI is InChI=1S/C19H22BrFN6O2/c20-14-3-2-13(16(21)10-14)11-23-19(29)27(15-4-5-15)26-9-1-8-25(12-26)18-22-7-6-17(28)24-18/h2-3,6-7,10,15H,1,4-5,8-9,11-12H2,(H,23,29)(H,22,24,28). The molecule has 29 heavy (non-hydrogen) atoms. The monoisotopic (exact) mass is 464 g/mol. The van der Waals surface area contributed by atoms with Gasteiger partial charge in [0.25, 0.3) is 5.56 Å². The van der Waals surface area contributed by atoms with Crippen LogP contribution >= 0.6 is 15.9 Å². The number of amides is 2. The second kappa shape index (κ2) is 8.50. The van der Waals surface area contributed by atoms with Gasteiger partial charge in [-0.25, -0.2) is 14.2 Å². The van der Waals surface area contributed by atoms with Gasteiger partial charge in [0.05, 0.1) is 12.7 Å². The Morgan fingerprint density at radius 2 is 2.17 bits per heavy atom. The third kappa shape index (κ3) is 4.76. The quantitative estimate of drug-likeness (QED) is 0.709. The van der Waals surface area contributed by atoms with Crippen molar-refractivity contribution in [2.45, 2.75) is 31.8 Å². The van der Waals surface area contributed by atoms with Crippen LogP contribution in [0, 0.1) is 5.82 Å². The van der Waals surface area contributed by atoms with Gasteiger partial charge in [0.2, 0.25) is 5.95 Å². The summed E-state index contributed by atoms with van der Waals surface area (Å²) in [4.78, 5) is 33.4. The van der Waals surface area contributed by atoms with Gasteiger partial charge in [-0.2, -0.15) is 5.01 Å². The molecule has 1 aliphatic carbocycles. The number of H-pyrrole nitrogens is 1. The number of aromatic nitrogens is 2. The summed E-state index contributed by atoms with van der Waals surface area (Å²) in [5.41, 5.74) is 0.226. The lowest BCUT2D eigenvalue weighted by Gasteiger charge is -2.42. The number of urea groups is 1. The molecule has 1 saturated heterocycles. The molecule has 1 aromatic carbocycles. The minimum absolute atomic E-state index is 0.117. The van der Waals surface area contributed by atoms with E-state index >= 15 is 0 Å². The minimum Gasteiger partial charge on any atom is -0.333 e. The number of carbonyl (C=O) groups is 1. The van der Waals surface area contributed by atoms with E-state index in [9.17, 15) is 14.0 Å². The lowest BCUT2D eigenvalue weighted by molar-refractivity contribution is -0.00479. The molecule has 8 nitrogen and oxygen atoms in total. The smallest absolute Gasteiger partial charge is 0.332 e. The summed E-state index contributed by atoms with van der Waals surface area (Å²) in [6.07, 6.45) is 4.19. The van der Waals surface area contributed by atoms with E-state index in [1.165, 1.54) is 18.3 Å². The van der Waals surface area contributed by atoms with Crippen LogP contribution in [-0.2, 0) is 6.54 Å². The molecule has 0 atom stereocenters. The van der Waals surface area contributed by atoms with E-state index in [0.29, 0.717) is 22.7 Å². The average Bonchev–Trinajstić information content (AvgIpc) is 3.53. The van der Waals surface area contributed by atoms with Crippen LogP contribution in [0.5, 0.6) is 0 Å². The maximum atomic E-state index is 14.1. The first-order valence-electron chi connectivity index (χ1n) is 9.57. The van der Waals surface area contributed by atoms with Gasteiger partial charge in [0.1, 0.15) is 5.82 Å². The molecule has 2 fully saturated rings. The molecule has 2 amide bonds. The minimum atomic E-state index is -0.360. The molecular formula is C19H22BrFN6O2. The Morgan fingerprint density at radius 1 is 1.34 bits per heavy atom. The van der Waals surface area contributed by atoms with Crippen molar-refractivity contribution in [1.82, 2.24) is 25.3 Å². The maximum absolute atomic E-state index is 14.1. The highest BCUT2D eigenvalue weighted by Gasteiger charge is 2.38. The zero-order valence-corrected chi connectivity index (χ0v) is 17.4. The molecule has 154 valence electrons. The number of carbonyl (C=O) groups excluding carboxylic acids is 1. The second-order valence-electron chi connectivity index (χ2n) is 7.22. The molecule has 2 N–H and O–H groups in total. The SMILES string of the molecule is O=C(NCc1ccc(Br)cc1F)N(C1CC1)N1CCCN(c2nccc(=O)[nH]2)C1. The maximum Gasteiger partial charge on any atom is 0.332 e. The van der Waals surface area contributed by atoms with Gasteiger partial charge < -0.3 is 10.2 Å². The first kappa shape index (κ1) is 19.8. The van der Waals surface area contributed by atoms with Gasteiger partial charge in [-0.1, -0.05) is 22.0 Å². The average molecular weight is 465 g/mol. The Balaban J connectivity index is 1.44. The van der Waals surface area contributed by atoms with Crippen molar-refractivity contribution in [3.63, 3.8) is 0 Å². The summed E-state index contributed by atoms with van der Waals surface area (Å²) < 4.78 is 14.7. The van der Waals surface area contributed by atoms with E-state index < -0.39 is 0 Å². The fourth-order valence-corrected chi connectivity index (χ4v) is 3.75. The fraction of sp³-hybridized carbons (Fsp3) is 0.421. The van der Waals surface area contributed by atoms with Crippen molar-refractivity contribution in [3.8, 4) is 0 Å². The number of nitrogens with zero attached hydrogens (tertiary/aromatic N) is 4. The summed E-state index contributed by atoms with van der Waals surface area (Å²) in [5.74, 6) is 0.135. The van der Waals surface area contributed by atoms with Crippen molar-refractivity contribution in [3.05, 3.63) is 56.7 Å². The van der Waals surface area contributed by atoms with E-state index in [1.807, 2.05) is 9.91 Å². The zero-order valence-electron chi connectivity index (χ0n) is 15.8. The topological polar surface area (TPSA) is 84.6 Å². The highest BCUT2D eigenvalue weighted by molar-refractivity contribution is 9.10. The van der Waals surface area contributed by atoms with Gasteiger partial charge in [-0.15, -0.1) is 0 Å². The number of halogens is 2. The molecular weight excluding hydrogens is 443 g/mol. The van der Waals surface area contributed by atoms with E-state index in [4.69, 9.17) is 0 Å². The number of benzene rings is 1. The van der Waals surface area contributed by atoms with Crippen LogP contribution in [0.25, 0.3) is 0 Å². The highest BCUT2D eigenvalue weighted by atomic mass is 79.9. The number of hydrogen-bond donors (Lipinski definition) is 2. The molecule has 2 heterocycles. The number of hydrogen-bond acceptors (Lipinski definition) is 5. The molecule has 10 heteroatoms. The first-order valence-corrected chi connectivity index (χ1v) is 10.4.